The summed E-state index contributed by atoms with van der Waals surface area (Å²) in [7, 11) is 0. The standard InChI is InChI=1S/C10H17NO3/c12-10(13)2-1-8-3-11(4-8)5-9-6-14-7-9/h8-9H,1-7H2,(H,12,13). The van der Waals surface area contributed by atoms with E-state index in [1.165, 1.54) is 0 Å². The van der Waals surface area contributed by atoms with Gasteiger partial charge in [-0.25, -0.2) is 0 Å². The SMILES string of the molecule is O=C(O)CCC1CN(CC2COC2)C1. The number of nitrogens with zero attached hydrogens (tertiary/aromatic N) is 1. The number of rotatable bonds is 5. The lowest BCUT2D eigenvalue weighted by molar-refractivity contribution is -0.137. The molecule has 0 saturated carbocycles. The molecule has 80 valence electrons. The lowest BCUT2D eigenvalue weighted by atomic mass is 9.93. The zero-order chi connectivity index (χ0) is 9.97. The summed E-state index contributed by atoms with van der Waals surface area (Å²) >= 11 is 0. The van der Waals surface area contributed by atoms with E-state index in [4.69, 9.17) is 9.84 Å². The Morgan fingerprint density at radius 2 is 2.07 bits per heavy atom. The molecule has 2 rings (SSSR count). The maximum absolute atomic E-state index is 10.3. The number of hydrogen-bond donors (Lipinski definition) is 1. The predicted molar refractivity (Wildman–Crippen MR) is 51.1 cm³/mol. The largest absolute Gasteiger partial charge is 0.481 e. The van der Waals surface area contributed by atoms with Crippen molar-refractivity contribution in [2.24, 2.45) is 11.8 Å². The molecule has 4 heteroatoms. The van der Waals surface area contributed by atoms with Gasteiger partial charge >= 0.3 is 5.97 Å². The summed E-state index contributed by atoms with van der Waals surface area (Å²) in [4.78, 5) is 12.7. The second-order valence-corrected chi connectivity index (χ2v) is 4.42. The highest BCUT2D eigenvalue weighted by Gasteiger charge is 2.30. The first-order valence-corrected chi connectivity index (χ1v) is 5.26. The molecule has 0 spiro atoms. The second kappa shape index (κ2) is 4.28. The molecule has 2 heterocycles. The maximum atomic E-state index is 10.3. The van der Waals surface area contributed by atoms with Gasteiger partial charge in [-0.2, -0.15) is 0 Å². The molecule has 0 bridgehead atoms. The van der Waals surface area contributed by atoms with Crippen LogP contribution in [0.2, 0.25) is 0 Å². The molecule has 0 radical (unpaired) electrons. The minimum absolute atomic E-state index is 0.324. The van der Waals surface area contributed by atoms with Crippen molar-refractivity contribution in [1.82, 2.24) is 4.90 Å². The smallest absolute Gasteiger partial charge is 0.303 e. The van der Waals surface area contributed by atoms with Gasteiger partial charge in [-0.05, 0) is 12.3 Å². The minimum atomic E-state index is -0.671. The third-order valence-corrected chi connectivity index (χ3v) is 3.02. The Labute approximate surface area is 83.8 Å². The number of likely N-dealkylation sites (tertiary alicyclic amines) is 1. The van der Waals surface area contributed by atoms with E-state index in [1.54, 1.807) is 0 Å². The van der Waals surface area contributed by atoms with Crippen LogP contribution in [0.15, 0.2) is 0 Å². The van der Waals surface area contributed by atoms with Gasteiger partial charge in [0, 0.05) is 32.0 Å². The highest BCUT2D eigenvalue weighted by atomic mass is 16.5. The third-order valence-electron chi connectivity index (χ3n) is 3.02. The number of carbonyl (C=O) groups is 1. The van der Waals surface area contributed by atoms with Gasteiger partial charge < -0.3 is 14.7 Å². The quantitative estimate of drug-likeness (QED) is 0.697. The number of hydrogen-bond acceptors (Lipinski definition) is 3. The fourth-order valence-corrected chi connectivity index (χ4v) is 2.09. The summed E-state index contributed by atoms with van der Waals surface area (Å²) in [5.41, 5.74) is 0. The van der Waals surface area contributed by atoms with Gasteiger partial charge in [0.05, 0.1) is 13.2 Å². The van der Waals surface area contributed by atoms with E-state index < -0.39 is 5.97 Å². The van der Waals surface area contributed by atoms with Crippen LogP contribution in [0.5, 0.6) is 0 Å². The van der Waals surface area contributed by atoms with E-state index >= 15 is 0 Å². The van der Waals surface area contributed by atoms with E-state index in [-0.39, 0.29) is 0 Å². The van der Waals surface area contributed by atoms with Crippen molar-refractivity contribution < 1.29 is 14.6 Å². The molecule has 0 aromatic rings. The molecule has 0 aliphatic carbocycles. The Hall–Kier alpha value is -0.610. The van der Waals surface area contributed by atoms with Gasteiger partial charge in [-0.15, -0.1) is 0 Å². The molecular formula is C10H17NO3. The first-order valence-electron chi connectivity index (χ1n) is 5.26. The molecule has 0 aromatic carbocycles. The average molecular weight is 199 g/mol. The Kier molecular flexibility index (Phi) is 3.03. The summed E-state index contributed by atoms with van der Waals surface area (Å²) in [6.07, 6.45) is 1.16. The van der Waals surface area contributed by atoms with Crippen molar-refractivity contribution >= 4 is 5.97 Å². The van der Waals surface area contributed by atoms with Crippen LogP contribution in [-0.2, 0) is 9.53 Å². The van der Waals surface area contributed by atoms with Crippen LogP contribution in [0.25, 0.3) is 0 Å². The summed E-state index contributed by atoms with van der Waals surface area (Å²) < 4.78 is 5.11. The van der Waals surface area contributed by atoms with E-state index in [9.17, 15) is 4.79 Å². The van der Waals surface area contributed by atoms with Gasteiger partial charge in [0.2, 0.25) is 0 Å². The van der Waals surface area contributed by atoms with Crippen molar-refractivity contribution in [1.29, 1.82) is 0 Å². The maximum Gasteiger partial charge on any atom is 0.303 e. The van der Waals surface area contributed by atoms with Crippen molar-refractivity contribution in [2.75, 3.05) is 32.8 Å². The van der Waals surface area contributed by atoms with Gasteiger partial charge in [0.15, 0.2) is 0 Å². The molecule has 0 atom stereocenters. The van der Waals surface area contributed by atoms with E-state index in [1.807, 2.05) is 0 Å². The molecule has 0 unspecified atom stereocenters. The third kappa shape index (κ3) is 2.45. The first kappa shape index (κ1) is 9.93. The Morgan fingerprint density at radius 1 is 1.36 bits per heavy atom. The second-order valence-electron chi connectivity index (χ2n) is 4.42. The fourth-order valence-electron chi connectivity index (χ4n) is 2.09. The van der Waals surface area contributed by atoms with Crippen LogP contribution in [0.1, 0.15) is 12.8 Å². The first-order chi connectivity index (χ1) is 6.74. The molecular weight excluding hydrogens is 182 g/mol. The van der Waals surface area contributed by atoms with Crippen LogP contribution in [0.3, 0.4) is 0 Å². The molecule has 0 amide bonds. The summed E-state index contributed by atoms with van der Waals surface area (Å²) in [5, 5.41) is 8.51. The Balaban J connectivity index is 1.53. The Bertz CT molecular complexity index is 209. The van der Waals surface area contributed by atoms with Crippen LogP contribution >= 0.6 is 0 Å². The average Bonchev–Trinajstić information content (AvgIpc) is 1.96. The molecule has 2 fully saturated rings. The number of carboxylic acids is 1. The number of ether oxygens (including phenoxy) is 1. The van der Waals surface area contributed by atoms with Crippen molar-refractivity contribution in [3.8, 4) is 0 Å². The van der Waals surface area contributed by atoms with Gasteiger partial charge in [-0.3, -0.25) is 4.79 Å². The van der Waals surface area contributed by atoms with Crippen LogP contribution in [-0.4, -0.2) is 48.8 Å². The number of carboxylic acid groups (broad SMARTS) is 1. The molecule has 2 aliphatic heterocycles. The summed E-state index contributed by atoms with van der Waals surface area (Å²) in [6.45, 7) is 5.14. The van der Waals surface area contributed by atoms with Gasteiger partial charge in [-0.1, -0.05) is 0 Å². The lowest BCUT2D eigenvalue weighted by Gasteiger charge is -2.42. The minimum Gasteiger partial charge on any atom is -0.481 e. The van der Waals surface area contributed by atoms with Crippen LogP contribution in [0, 0.1) is 11.8 Å². The summed E-state index contributed by atoms with van der Waals surface area (Å²) in [6, 6.07) is 0. The molecule has 14 heavy (non-hydrogen) atoms. The van der Waals surface area contributed by atoms with E-state index in [0.717, 1.165) is 45.2 Å². The highest BCUT2D eigenvalue weighted by molar-refractivity contribution is 5.66. The van der Waals surface area contributed by atoms with Gasteiger partial charge in [0.1, 0.15) is 0 Å². The van der Waals surface area contributed by atoms with Gasteiger partial charge in [0.25, 0.3) is 0 Å². The topological polar surface area (TPSA) is 49.8 Å². The molecule has 4 nitrogen and oxygen atoms in total. The summed E-state index contributed by atoms with van der Waals surface area (Å²) in [5.74, 6) is 0.679. The zero-order valence-electron chi connectivity index (χ0n) is 8.32. The van der Waals surface area contributed by atoms with Crippen molar-refractivity contribution in [3.05, 3.63) is 0 Å². The number of aliphatic carboxylic acids is 1. The Morgan fingerprint density at radius 3 is 2.57 bits per heavy atom. The molecule has 2 aliphatic rings. The molecule has 1 N–H and O–H groups in total. The zero-order valence-corrected chi connectivity index (χ0v) is 8.32. The van der Waals surface area contributed by atoms with Crippen molar-refractivity contribution in [2.45, 2.75) is 12.8 Å². The van der Waals surface area contributed by atoms with Crippen LogP contribution < -0.4 is 0 Å². The highest BCUT2D eigenvalue weighted by Crippen LogP contribution is 2.23. The van der Waals surface area contributed by atoms with Crippen LogP contribution in [0.4, 0.5) is 0 Å². The van der Waals surface area contributed by atoms with E-state index in [0.29, 0.717) is 12.3 Å². The monoisotopic (exact) mass is 199 g/mol. The normalized spacial score (nSPS) is 24.3. The lowest BCUT2D eigenvalue weighted by Crippen LogP contribution is -2.51. The molecule has 0 aromatic heterocycles. The van der Waals surface area contributed by atoms with Crippen molar-refractivity contribution in [3.63, 3.8) is 0 Å². The van der Waals surface area contributed by atoms with E-state index in [2.05, 4.69) is 4.90 Å². The fraction of sp³-hybridized carbons (Fsp3) is 0.900. The predicted octanol–water partition coefficient (Wildman–Crippen LogP) is 0.429. The molecule has 2 saturated heterocycles.